The highest BCUT2D eigenvalue weighted by Gasteiger charge is 2.55. The van der Waals surface area contributed by atoms with E-state index in [4.69, 9.17) is 4.74 Å². The summed E-state index contributed by atoms with van der Waals surface area (Å²) in [5.41, 5.74) is 1.10. The van der Waals surface area contributed by atoms with Gasteiger partial charge in [0.15, 0.2) is 0 Å². The molecule has 1 saturated heterocycles. The van der Waals surface area contributed by atoms with Crippen LogP contribution >= 0.6 is 0 Å². The molecular weight excluding hydrogens is 342 g/mol. The first kappa shape index (κ1) is 17.7. The van der Waals surface area contributed by atoms with Gasteiger partial charge in [0.1, 0.15) is 0 Å². The molecule has 6 nitrogen and oxygen atoms in total. The monoisotopic (exact) mass is 365 g/mol. The summed E-state index contributed by atoms with van der Waals surface area (Å²) in [5.74, 6) is -0.662. The number of rotatable bonds is 4. The molecule has 2 aliphatic rings. The molecule has 0 spiro atoms. The van der Waals surface area contributed by atoms with E-state index in [2.05, 4.69) is 9.99 Å². The van der Waals surface area contributed by atoms with Crippen LogP contribution in [-0.4, -0.2) is 35.0 Å². The van der Waals surface area contributed by atoms with Crippen LogP contribution in [0.2, 0.25) is 0 Å². The van der Waals surface area contributed by atoms with Crippen LogP contribution in [0, 0.1) is 0 Å². The lowest BCUT2D eigenvalue weighted by Gasteiger charge is -2.36. The second-order valence-corrected chi connectivity index (χ2v) is 7.10. The molecule has 0 aliphatic carbocycles. The molecule has 3 heterocycles. The number of hydrazine groups is 1. The number of benzene rings is 1. The maximum Gasteiger partial charge on any atom is 0.304 e. The molecule has 0 saturated carbocycles. The summed E-state index contributed by atoms with van der Waals surface area (Å²) in [7, 11) is 0. The summed E-state index contributed by atoms with van der Waals surface area (Å²) < 4.78 is 5.79. The lowest BCUT2D eigenvalue weighted by atomic mass is 9.88. The Morgan fingerprint density at radius 2 is 1.81 bits per heavy atom. The molecule has 0 radical (unpaired) electrons. The maximum absolute atomic E-state index is 13.7. The number of nitrogens with zero attached hydrogens (tertiary/aromatic N) is 3. The van der Waals surface area contributed by atoms with Gasteiger partial charge in [0.05, 0.1) is 5.69 Å². The van der Waals surface area contributed by atoms with Gasteiger partial charge in [-0.3, -0.25) is 14.6 Å². The molecule has 0 N–H and O–H groups in total. The number of pyridine rings is 1. The van der Waals surface area contributed by atoms with Gasteiger partial charge in [0.2, 0.25) is 5.60 Å². The van der Waals surface area contributed by atoms with Crippen molar-refractivity contribution < 1.29 is 14.3 Å². The van der Waals surface area contributed by atoms with Gasteiger partial charge in [-0.2, -0.15) is 0 Å². The number of ether oxygens (including phenoxy) is 1. The highest BCUT2D eigenvalue weighted by atomic mass is 16.6. The Balaban J connectivity index is 1.82. The first-order chi connectivity index (χ1) is 13.1. The quantitative estimate of drug-likeness (QED) is 0.780. The smallest absolute Gasteiger partial charge is 0.304 e. The van der Waals surface area contributed by atoms with Gasteiger partial charge in [-0.05, 0) is 36.6 Å². The van der Waals surface area contributed by atoms with Gasteiger partial charge < -0.3 is 4.74 Å². The topological polar surface area (TPSA) is 62.7 Å². The average Bonchev–Trinajstić information content (AvgIpc) is 2.91. The van der Waals surface area contributed by atoms with E-state index in [1.165, 1.54) is 13.3 Å². The van der Waals surface area contributed by atoms with Gasteiger partial charge in [-0.25, -0.2) is 10.0 Å². The van der Waals surface area contributed by atoms with Crippen molar-refractivity contribution in [2.45, 2.75) is 38.2 Å². The predicted octanol–water partition coefficient (Wildman–Crippen LogP) is 2.83. The summed E-state index contributed by atoms with van der Waals surface area (Å²) in [5, 5.41) is 3.82. The van der Waals surface area contributed by atoms with Gasteiger partial charge >= 0.3 is 5.97 Å². The van der Waals surface area contributed by atoms with Crippen LogP contribution in [0.4, 0.5) is 5.69 Å². The van der Waals surface area contributed by atoms with Crippen LogP contribution in [0.1, 0.15) is 37.3 Å². The third-order valence-electron chi connectivity index (χ3n) is 5.24. The van der Waals surface area contributed by atoms with Crippen LogP contribution in [0.25, 0.3) is 0 Å². The molecule has 27 heavy (non-hydrogen) atoms. The number of fused-ring (bicyclic) bond motifs is 1. The zero-order valence-corrected chi connectivity index (χ0v) is 15.4. The standard InChI is InChI=1S/C21H23N3O3/c1-16(25)27-21(15-17-9-11-22-12-10-17)18-7-3-4-8-19(18)24(20(21)26)23-13-5-2-6-14-23/h3-4,7-12H,2,5-6,13-15H2,1H3. The van der Waals surface area contributed by atoms with Crippen LogP contribution in [-0.2, 0) is 26.3 Å². The number of hydrogen-bond donors (Lipinski definition) is 0. The third-order valence-corrected chi connectivity index (χ3v) is 5.24. The lowest BCUT2D eigenvalue weighted by Crippen LogP contribution is -2.53. The van der Waals surface area contributed by atoms with Gasteiger partial charge in [0.25, 0.3) is 5.91 Å². The molecule has 4 rings (SSSR count). The highest BCUT2D eigenvalue weighted by Crippen LogP contribution is 2.46. The van der Waals surface area contributed by atoms with Crippen molar-refractivity contribution in [2.24, 2.45) is 0 Å². The number of esters is 1. The van der Waals surface area contributed by atoms with Crippen molar-refractivity contribution in [3.63, 3.8) is 0 Å². The molecule has 0 bridgehead atoms. The highest BCUT2D eigenvalue weighted by molar-refractivity contribution is 6.07. The van der Waals surface area contributed by atoms with Gasteiger partial charge in [0, 0.05) is 44.4 Å². The Hall–Kier alpha value is -2.73. The van der Waals surface area contributed by atoms with Crippen molar-refractivity contribution in [1.82, 2.24) is 9.99 Å². The van der Waals surface area contributed by atoms with Crippen molar-refractivity contribution in [2.75, 3.05) is 18.1 Å². The van der Waals surface area contributed by atoms with Crippen molar-refractivity contribution in [1.29, 1.82) is 0 Å². The summed E-state index contributed by atoms with van der Waals surface area (Å²) in [6, 6.07) is 11.3. The molecule has 1 unspecified atom stereocenters. The second-order valence-electron chi connectivity index (χ2n) is 7.10. The van der Waals surface area contributed by atoms with Crippen molar-refractivity contribution in [3.05, 3.63) is 59.9 Å². The number of amides is 1. The third kappa shape index (κ3) is 3.10. The number of carbonyl (C=O) groups excluding carboxylic acids is 2. The van der Waals surface area contributed by atoms with Gasteiger partial charge in [-0.1, -0.05) is 24.6 Å². The zero-order chi connectivity index (χ0) is 18.9. The molecule has 1 aromatic carbocycles. The number of para-hydroxylation sites is 1. The molecule has 1 atom stereocenters. The number of hydrogen-bond acceptors (Lipinski definition) is 5. The fourth-order valence-corrected chi connectivity index (χ4v) is 4.09. The summed E-state index contributed by atoms with van der Waals surface area (Å²) in [4.78, 5) is 29.8. The Labute approximate surface area is 158 Å². The van der Waals surface area contributed by atoms with Crippen LogP contribution < -0.4 is 5.01 Å². The minimum Gasteiger partial charge on any atom is -0.444 e. The normalized spacial score (nSPS) is 22.6. The van der Waals surface area contributed by atoms with E-state index in [-0.39, 0.29) is 12.3 Å². The molecule has 1 aromatic heterocycles. The largest absolute Gasteiger partial charge is 0.444 e. The maximum atomic E-state index is 13.7. The van der Waals surface area contributed by atoms with E-state index in [1.807, 2.05) is 36.4 Å². The molecular formula is C21H23N3O3. The van der Waals surface area contributed by atoms with Gasteiger partial charge in [-0.15, -0.1) is 0 Å². The molecule has 2 aliphatic heterocycles. The minimum atomic E-state index is -1.35. The number of aromatic nitrogens is 1. The number of piperidine rings is 1. The molecule has 2 aromatic rings. The first-order valence-electron chi connectivity index (χ1n) is 9.39. The van der Waals surface area contributed by atoms with E-state index in [0.29, 0.717) is 0 Å². The number of anilines is 1. The summed E-state index contributed by atoms with van der Waals surface area (Å²) in [6.07, 6.45) is 6.93. The second kappa shape index (κ2) is 7.12. The van der Waals surface area contributed by atoms with E-state index < -0.39 is 11.6 Å². The predicted molar refractivity (Wildman–Crippen MR) is 101 cm³/mol. The fourth-order valence-electron chi connectivity index (χ4n) is 4.09. The molecule has 140 valence electrons. The Morgan fingerprint density at radius 1 is 1.11 bits per heavy atom. The fraction of sp³-hybridized carbons (Fsp3) is 0.381. The molecule has 6 heteroatoms. The Bertz CT molecular complexity index is 849. The SMILES string of the molecule is CC(=O)OC1(Cc2ccncc2)C(=O)N(N2CCCCC2)c2ccccc21. The minimum absolute atomic E-state index is 0.197. The Morgan fingerprint density at radius 3 is 2.52 bits per heavy atom. The van der Waals surface area contributed by atoms with Crippen LogP contribution in [0.3, 0.4) is 0 Å². The van der Waals surface area contributed by atoms with Crippen LogP contribution in [0.5, 0.6) is 0 Å². The van der Waals surface area contributed by atoms with E-state index >= 15 is 0 Å². The molecule has 1 amide bonds. The summed E-state index contributed by atoms with van der Waals surface area (Å²) >= 11 is 0. The van der Waals surface area contributed by atoms with Crippen LogP contribution in [0.15, 0.2) is 48.8 Å². The number of carbonyl (C=O) groups is 2. The average molecular weight is 365 g/mol. The lowest BCUT2D eigenvalue weighted by molar-refractivity contribution is -0.167. The zero-order valence-electron chi connectivity index (χ0n) is 15.4. The van der Waals surface area contributed by atoms with E-state index in [9.17, 15) is 9.59 Å². The Kier molecular flexibility index (Phi) is 4.66. The van der Waals surface area contributed by atoms with Crippen molar-refractivity contribution in [3.8, 4) is 0 Å². The van der Waals surface area contributed by atoms with Crippen molar-refractivity contribution >= 4 is 17.6 Å². The first-order valence-corrected chi connectivity index (χ1v) is 9.39. The summed E-state index contributed by atoms with van der Waals surface area (Å²) in [6.45, 7) is 3.00. The molecule has 1 fully saturated rings. The van der Waals surface area contributed by atoms with E-state index in [1.54, 1.807) is 17.4 Å². The van der Waals surface area contributed by atoms with E-state index in [0.717, 1.165) is 42.7 Å².